The van der Waals surface area contributed by atoms with Gasteiger partial charge in [-0.25, -0.2) is 4.79 Å². The van der Waals surface area contributed by atoms with Crippen LogP contribution in [-0.2, 0) is 0 Å². The van der Waals surface area contributed by atoms with Crippen LogP contribution in [0.4, 0.5) is 17.1 Å². The van der Waals surface area contributed by atoms with Crippen LogP contribution in [0.15, 0.2) is 42.5 Å². The molecule has 0 amide bonds. The normalized spacial score (nSPS) is 10.2. The molecular formula is C15H14N2O4. The molecule has 0 bridgehead atoms. The van der Waals surface area contributed by atoms with Gasteiger partial charge < -0.3 is 10.0 Å². The van der Waals surface area contributed by atoms with Gasteiger partial charge in [-0.2, -0.15) is 0 Å². The Morgan fingerprint density at radius 2 is 1.86 bits per heavy atom. The number of carboxylic acids is 1. The second kappa shape index (κ2) is 5.62. The summed E-state index contributed by atoms with van der Waals surface area (Å²) in [6.07, 6.45) is 0. The smallest absolute Gasteiger partial charge is 0.335 e. The van der Waals surface area contributed by atoms with E-state index in [0.717, 1.165) is 17.3 Å². The van der Waals surface area contributed by atoms with Crippen molar-refractivity contribution in [2.45, 2.75) is 6.92 Å². The Labute approximate surface area is 121 Å². The molecule has 0 spiro atoms. The average Bonchev–Trinajstić information content (AvgIpc) is 2.46. The molecule has 2 rings (SSSR count). The number of carboxylic acid groups (broad SMARTS) is 1. The Kier molecular flexibility index (Phi) is 3.89. The highest BCUT2D eigenvalue weighted by Gasteiger charge is 2.21. The van der Waals surface area contributed by atoms with Crippen molar-refractivity contribution in [3.05, 3.63) is 63.7 Å². The largest absolute Gasteiger partial charge is 0.478 e. The van der Waals surface area contributed by atoms with Gasteiger partial charge in [0.2, 0.25) is 0 Å². The van der Waals surface area contributed by atoms with Crippen molar-refractivity contribution in [2.24, 2.45) is 0 Å². The van der Waals surface area contributed by atoms with Crippen LogP contribution in [0.25, 0.3) is 0 Å². The van der Waals surface area contributed by atoms with E-state index >= 15 is 0 Å². The summed E-state index contributed by atoms with van der Waals surface area (Å²) in [5.74, 6) is -1.19. The van der Waals surface area contributed by atoms with Crippen LogP contribution >= 0.6 is 0 Å². The van der Waals surface area contributed by atoms with Crippen LogP contribution in [0.2, 0.25) is 0 Å². The van der Waals surface area contributed by atoms with Gasteiger partial charge in [0.15, 0.2) is 0 Å². The molecule has 6 heteroatoms. The number of para-hydroxylation sites is 1. The molecule has 0 aliphatic carbocycles. The number of aromatic carboxylic acids is 1. The van der Waals surface area contributed by atoms with E-state index in [-0.39, 0.29) is 11.3 Å². The van der Waals surface area contributed by atoms with Gasteiger partial charge in [-0.3, -0.25) is 10.1 Å². The molecule has 0 saturated heterocycles. The lowest BCUT2D eigenvalue weighted by Crippen LogP contribution is -2.13. The van der Waals surface area contributed by atoms with Crippen molar-refractivity contribution in [3.8, 4) is 0 Å². The Morgan fingerprint density at radius 3 is 2.43 bits per heavy atom. The van der Waals surface area contributed by atoms with Gasteiger partial charge in [-0.15, -0.1) is 0 Å². The number of anilines is 2. The van der Waals surface area contributed by atoms with Crippen LogP contribution < -0.4 is 4.90 Å². The summed E-state index contributed by atoms with van der Waals surface area (Å²) in [4.78, 5) is 23.3. The minimum Gasteiger partial charge on any atom is -0.478 e. The second-order valence-electron chi connectivity index (χ2n) is 4.61. The number of hydrogen-bond donors (Lipinski definition) is 1. The molecule has 0 saturated carbocycles. The van der Waals surface area contributed by atoms with E-state index in [4.69, 9.17) is 5.11 Å². The van der Waals surface area contributed by atoms with Crippen LogP contribution in [0.1, 0.15) is 15.9 Å². The molecule has 0 heterocycles. The summed E-state index contributed by atoms with van der Waals surface area (Å²) in [7, 11) is 1.71. The zero-order valence-corrected chi connectivity index (χ0v) is 11.6. The fraction of sp³-hybridized carbons (Fsp3) is 0.133. The molecule has 2 aromatic carbocycles. The number of nitrogens with zero attached hydrogens (tertiary/aromatic N) is 2. The molecule has 0 atom stereocenters. The SMILES string of the molecule is Cc1ccccc1N(C)c1ccc(C(=O)O)cc1[N+](=O)[O-]. The van der Waals surface area contributed by atoms with Gasteiger partial charge in [0.05, 0.1) is 10.5 Å². The predicted octanol–water partition coefficient (Wildman–Crippen LogP) is 3.37. The molecule has 0 fully saturated rings. The molecule has 0 aliphatic rings. The number of nitro benzene ring substituents is 1. The van der Waals surface area contributed by atoms with Crippen LogP contribution in [0, 0.1) is 17.0 Å². The summed E-state index contributed by atoms with van der Waals surface area (Å²) in [5.41, 5.74) is 1.80. The Hall–Kier alpha value is -2.89. The maximum absolute atomic E-state index is 11.2. The third kappa shape index (κ3) is 2.84. The molecule has 108 valence electrons. The Bertz CT molecular complexity index is 713. The van der Waals surface area contributed by atoms with Crippen LogP contribution in [0.5, 0.6) is 0 Å². The molecular weight excluding hydrogens is 272 g/mol. The summed E-state index contributed by atoms with van der Waals surface area (Å²) in [6, 6.07) is 11.4. The van der Waals surface area contributed by atoms with Crippen LogP contribution in [-0.4, -0.2) is 23.0 Å². The number of benzene rings is 2. The molecule has 2 aromatic rings. The monoisotopic (exact) mass is 286 g/mol. The quantitative estimate of drug-likeness (QED) is 0.688. The number of aryl methyl sites for hydroxylation is 1. The highest BCUT2D eigenvalue weighted by atomic mass is 16.6. The summed E-state index contributed by atoms with van der Waals surface area (Å²) in [6.45, 7) is 1.91. The lowest BCUT2D eigenvalue weighted by Gasteiger charge is -2.21. The fourth-order valence-corrected chi connectivity index (χ4v) is 2.16. The lowest BCUT2D eigenvalue weighted by atomic mass is 10.1. The highest BCUT2D eigenvalue weighted by Crippen LogP contribution is 2.34. The molecule has 0 aromatic heterocycles. The van der Waals surface area contributed by atoms with E-state index in [2.05, 4.69) is 0 Å². The first-order valence-electron chi connectivity index (χ1n) is 6.23. The van der Waals surface area contributed by atoms with E-state index in [9.17, 15) is 14.9 Å². The Balaban J connectivity index is 2.55. The fourth-order valence-electron chi connectivity index (χ4n) is 2.16. The molecule has 0 unspecified atom stereocenters. The highest BCUT2D eigenvalue weighted by molar-refractivity contribution is 5.90. The molecule has 1 N–H and O–H groups in total. The van der Waals surface area contributed by atoms with E-state index in [1.807, 2.05) is 31.2 Å². The Morgan fingerprint density at radius 1 is 1.19 bits per heavy atom. The van der Waals surface area contributed by atoms with Gasteiger partial charge in [0.25, 0.3) is 5.69 Å². The first kappa shape index (κ1) is 14.5. The number of nitro groups is 1. The zero-order valence-electron chi connectivity index (χ0n) is 11.6. The van der Waals surface area contributed by atoms with E-state index in [1.54, 1.807) is 11.9 Å². The maximum atomic E-state index is 11.2. The topological polar surface area (TPSA) is 83.7 Å². The minimum absolute atomic E-state index is 0.108. The van der Waals surface area contributed by atoms with Crippen molar-refractivity contribution in [2.75, 3.05) is 11.9 Å². The van der Waals surface area contributed by atoms with Crippen molar-refractivity contribution in [1.29, 1.82) is 0 Å². The van der Waals surface area contributed by atoms with Gasteiger partial charge in [-0.05, 0) is 30.7 Å². The third-order valence-corrected chi connectivity index (χ3v) is 3.26. The maximum Gasteiger partial charge on any atom is 0.335 e. The minimum atomic E-state index is -1.19. The number of hydrogen-bond acceptors (Lipinski definition) is 4. The third-order valence-electron chi connectivity index (χ3n) is 3.26. The number of rotatable bonds is 4. The predicted molar refractivity (Wildman–Crippen MR) is 79.3 cm³/mol. The van der Waals surface area contributed by atoms with Crippen molar-refractivity contribution in [3.63, 3.8) is 0 Å². The second-order valence-corrected chi connectivity index (χ2v) is 4.61. The van der Waals surface area contributed by atoms with Gasteiger partial charge in [-0.1, -0.05) is 18.2 Å². The van der Waals surface area contributed by atoms with Gasteiger partial charge >= 0.3 is 5.97 Å². The van der Waals surface area contributed by atoms with Crippen molar-refractivity contribution in [1.82, 2.24) is 0 Å². The molecule has 0 aliphatic heterocycles. The molecule has 6 nitrogen and oxygen atoms in total. The summed E-state index contributed by atoms with van der Waals surface area (Å²) in [5, 5.41) is 20.1. The van der Waals surface area contributed by atoms with E-state index in [1.165, 1.54) is 12.1 Å². The summed E-state index contributed by atoms with van der Waals surface area (Å²) >= 11 is 0. The van der Waals surface area contributed by atoms with E-state index in [0.29, 0.717) is 5.69 Å². The first-order valence-corrected chi connectivity index (χ1v) is 6.23. The number of carbonyl (C=O) groups is 1. The standard InChI is InChI=1S/C15H14N2O4/c1-10-5-3-4-6-12(10)16(2)13-8-7-11(15(18)19)9-14(13)17(20)21/h3-9H,1-2H3,(H,18,19). The van der Waals surface area contributed by atoms with Crippen molar-refractivity contribution < 1.29 is 14.8 Å². The van der Waals surface area contributed by atoms with Gasteiger partial charge in [0, 0.05) is 18.8 Å². The average molecular weight is 286 g/mol. The lowest BCUT2D eigenvalue weighted by molar-refractivity contribution is -0.384. The van der Waals surface area contributed by atoms with Crippen LogP contribution in [0.3, 0.4) is 0 Å². The summed E-state index contributed by atoms with van der Waals surface area (Å²) < 4.78 is 0. The van der Waals surface area contributed by atoms with Crippen molar-refractivity contribution >= 4 is 23.0 Å². The molecule has 21 heavy (non-hydrogen) atoms. The van der Waals surface area contributed by atoms with E-state index < -0.39 is 10.9 Å². The zero-order chi connectivity index (χ0) is 15.6. The van der Waals surface area contributed by atoms with Gasteiger partial charge in [0.1, 0.15) is 5.69 Å². The first-order chi connectivity index (χ1) is 9.91. The molecule has 0 radical (unpaired) electrons.